The average molecular weight is 286 g/mol. The van der Waals surface area contributed by atoms with Crippen molar-refractivity contribution in [2.24, 2.45) is 5.92 Å². The molecule has 21 heavy (non-hydrogen) atoms. The van der Waals surface area contributed by atoms with E-state index < -0.39 is 0 Å². The lowest BCUT2D eigenvalue weighted by atomic mass is 9.77. The molecule has 114 valence electrons. The third-order valence-corrected chi connectivity index (χ3v) is 5.10. The molecular formula is C18H26N2O. The van der Waals surface area contributed by atoms with Gasteiger partial charge in [0.15, 0.2) is 0 Å². The second-order valence-corrected chi connectivity index (χ2v) is 6.49. The second-order valence-electron chi connectivity index (χ2n) is 6.49. The molecule has 3 atom stereocenters. The molecule has 1 saturated carbocycles. The number of aryl methyl sites for hydroxylation is 1. The van der Waals surface area contributed by atoms with Gasteiger partial charge in [-0.05, 0) is 55.7 Å². The summed E-state index contributed by atoms with van der Waals surface area (Å²) in [5.41, 5.74) is 2.21. The topological polar surface area (TPSA) is 41.1 Å². The van der Waals surface area contributed by atoms with Crippen LogP contribution in [0.4, 0.5) is 5.69 Å². The average Bonchev–Trinajstić information content (AvgIpc) is 2.55. The molecule has 3 heteroatoms. The third-order valence-electron chi connectivity index (χ3n) is 5.10. The minimum atomic E-state index is -0.0183. The third kappa shape index (κ3) is 3.46. The first kappa shape index (κ1) is 14.6. The lowest BCUT2D eigenvalue weighted by molar-refractivity contribution is -0.119. The van der Waals surface area contributed by atoms with Crippen molar-refractivity contribution in [2.45, 2.75) is 64.0 Å². The highest BCUT2D eigenvalue weighted by Gasteiger charge is 2.34. The molecule has 0 radical (unpaired) electrons. The van der Waals surface area contributed by atoms with E-state index in [9.17, 15) is 4.79 Å². The molecule has 1 amide bonds. The van der Waals surface area contributed by atoms with Crippen LogP contribution in [-0.2, 0) is 11.2 Å². The van der Waals surface area contributed by atoms with E-state index in [-0.39, 0.29) is 11.9 Å². The van der Waals surface area contributed by atoms with Crippen LogP contribution in [0.2, 0.25) is 0 Å². The number of fused-ring (bicyclic) bond motifs is 1. The second kappa shape index (κ2) is 6.61. The predicted molar refractivity (Wildman–Crippen MR) is 86.4 cm³/mol. The van der Waals surface area contributed by atoms with Crippen molar-refractivity contribution >= 4 is 11.6 Å². The molecule has 2 aliphatic rings. The number of rotatable bonds is 3. The van der Waals surface area contributed by atoms with Gasteiger partial charge >= 0.3 is 0 Å². The number of benzene rings is 1. The van der Waals surface area contributed by atoms with Crippen molar-refractivity contribution in [1.29, 1.82) is 0 Å². The maximum atomic E-state index is 12.4. The lowest BCUT2D eigenvalue weighted by Crippen LogP contribution is -2.53. The fourth-order valence-corrected chi connectivity index (χ4v) is 3.76. The quantitative estimate of drug-likeness (QED) is 0.893. The van der Waals surface area contributed by atoms with E-state index in [1.807, 2.05) is 12.1 Å². The standard InChI is InChI=1S/C18H26N2O/c1-2-13-7-10-15(11-8-13)19-18(21)17-12-9-14-5-3-4-6-16(14)20-17/h7-8,10-11,14,16-17,20H,2-6,9,12H2,1H3,(H,19,21). The van der Waals surface area contributed by atoms with Gasteiger partial charge in [-0.3, -0.25) is 4.79 Å². The number of anilines is 1. The van der Waals surface area contributed by atoms with Crippen molar-refractivity contribution < 1.29 is 4.79 Å². The Labute approximate surface area is 127 Å². The number of carbonyl (C=O) groups excluding carboxylic acids is 1. The van der Waals surface area contributed by atoms with Crippen LogP contribution in [0.25, 0.3) is 0 Å². The predicted octanol–water partition coefficient (Wildman–Crippen LogP) is 3.50. The fraction of sp³-hybridized carbons (Fsp3) is 0.611. The van der Waals surface area contributed by atoms with Crippen molar-refractivity contribution in [1.82, 2.24) is 5.32 Å². The molecule has 1 saturated heterocycles. The van der Waals surface area contributed by atoms with Gasteiger partial charge in [-0.15, -0.1) is 0 Å². The molecule has 1 aliphatic carbocycles. The fourth-order valence-electron chi connectivity index (χ4n) is 3.76. The zero-order chi connectivity index (χ0) is 14.7. The highest BCUT2D eigenvalue weighted by atomic mass is 16.2. The van der Waals surface area contributed by atoms with E-state index in [0.717, 1.165) is 24.4 Å². The Kier molecular flexibility index (Phi) is 4.59. The first-order chi connectivity index (χ1) is 10.3. The molecule has 0 aromatic heterocycles. The van der Waals surface area contributed by atoms with Crippen LogP contribution < -0.4 is 10.6 Å². The van der Waals surface area contributed by atoms with Crippen LogP contribution in [-0.4, -0.2) is 18.0 Å². The Morgan fingerprint density at radius 2 is 1.90 bits per heavy atom. The summed E-state index contributed by atoms with van der Waals surface area (Å²) in [6.07, 6.45) is 8.45. The number of hydrogen-bond acceptors (Lipinski definition) is 2. The number of piperidine rings is 1. The molecule has 0 spiro atoms. The lowest BCUT2D eigenvalue weighted by Gasteiger charge is -2.39. The summed E-state index contributed by atoms with van der Waals surface area (Å²) in [6.45, 7) is 2.14. The first-order valence-electron chi connectivity index (χ1n) is 8.42. The number of amides is 1. The molecule has 1 heterocycles. The zero-order valence-electron chi connectivity index (χ0n) is 12.9. The summed E-state index contributed by atoms with van der Waals surface area (Å²) < 4.78 is 0. The summed E-state index contributed by atoms with van der Waals surface area (Å²) in [5.74, 6) is 0.926. The molecule has 3 nitrogen and oxygen atoms in total. The van der Waals surface area contributed by atoms with E-state index in [4.69, 9.17) is 0 Å². The van der Waals surface area contributed by atoms with Crippen LogP contribution >= 0.6 is 0 Å². The SMILES string of the molecule is CCc1ccc(NC(=O)C2CCC3CCCCC3N2)cc1. The Morgan fingerprint density at radius 3 is 2.67 bits per heavy atom. The van der Waals surface area contributed by atoms with Crippen molar-refractivity contribution in [3.05, 3.63) is 29.8 Å². The number of carbonyl (C=O) groups is 1. The van der Waals surface area contributed by atoms with Crippen LogP contribution in [0.1, 0.15) is 51.0 Å². The summed E-state index contributed by atoms with van der Waals surface area (Å²) in [6, 6.07) is 8.72. The summed E-state index contributed by atoms with van der Waals surface area (Å²) in [5, 5.41) is 6.64. The molecule has 2 fully saturated rings. The molecule has 3 rings (SSSR count). The molecular weight excluding hydrogens is 260 g/mol. The van der Waals surface area contributed by atoms with Gasteiger partial charge in [0.2, 0.25) is 5.91 Å². The monoisotopic (exact) mass is 286 g/mol. The van der Waals surface area contributed by atoms with Crippen LogP contribution in [0.15, 0.2) is 24.3 Å². The Hall–Kier alpha value is -1.35. The van der Waals surface area contributed by atoms with Crippen LogP contribution in [0.3, 0.4) is 0 Å². The highest BCUT2D eigenvalue weighted by Crippen LogP contribution is 2.32. The number of hydrogen-bond donors (Lipinski definition) is 2. The summed E-state index contributed by atoms with van der Waals surface area (Å²) >= 11 is 0. The van der Waals surface area contributed by atoms with Crippen LogP contribution in [0.5, 0.6) is 0 Å². The van der Waals surface area contributed by atoms with Gasteiger partial charge in [0, 0.05) is 11.7 Å². The molecule has 3 unspecified atom stereocenters. The maximum Gasteiger partial charge on any atom is 0.241 e. The molecule has 1 aliphatic heterocycles. The van der Waals surface area contributed by atoms with Gasteiger partial charge in [-0.25, -0.2) is 0 Å². The van der Waals surface area contributed by atoms with Gasteiger partial charge in [-0.1, -0.05) is 31.9 Å². The van der Waals surface area contributed by atoms with Crippen molar-refractivity contribution in [2.75, 3.05) is 5.32 Å². The molecule has 2 N–H and O–H groups in total. The van der Waals surface area contributed by atoms with Gasteiger partial charge in [0.25, 0.3) is 0 Å². The van der Waals surface area contributed by atoms with Gasteiger partial charge < -0.3 is 10.6 Å². The van der Waals surface area contributed by atoms with Crippen molar-refractivity contribution in [3.8, 4) is 0 Å². The van der Waals surface area contributed by atoms with Gasteiger partial charge in [0.1, 0.15) is 0 Å². The molecule has 1 aromatic rings. The summed E-state index contributed by atoms with van der Waals surface area (Å²) in [4.78, 5) is 12.4. The largest absolute Gasteiger partial charge is 0.325 e. The Bertz CT molecular complexity index is 482. The first-order valence-corrected chi connectivity index (χ1v) is 8.42. The normalized spacial score (nSPS) is 28.7. The number of nitrogens with one attached hydrogen (secondary N) is 2. The van der Waals surface area contributed by atoms with E-state index in [1.165, 1.54) is 37.7 Å². The Morgan fingerprint density at radius 1 is 1.14 bits per heavy atom. The van der Waals surface area contributed by atoms with Crippen molar-refractivity contribution in [3.63, 3.8) is 0 Å². The highest BCUT2D eigenvalue weighted by molar-refractivity contribution is 5.94. The summed E-state index contributed by atoms with van der Waals surface area (Å²) in [7, 11) is 0. The zero-order valence-corrected chi connectivity index (χ0v) is 12.9. The molecule has 1 aromatic carbocycles. The van der Waals surface area contributed by atoms with E-state index in [1.54, 1.807) is 0 Å². The minimum absolute atomic E-state index is 0.0183. The van der Waals surface area contributed by atoms with Gasteiger partial charge in [-0.2, -0.15) is 0 Å². The van der Waals surface area contributed by atoms with E-state index >= 15 is 0 Å². The van der Waals surface area contributed by atoms with Gasteiger partial charge in [0.05, 0.1) is 6.04 Å². The smallest absolute Gasteiger partial charge is 0.241 e. The molecule has 0 bridgehead atoms. The minimum Gasteiger partial charge on any atom is -0.325 e. The Balaban J connectivity index is 1.57. The maximum absolute atomic E-state index is 12.4. The van der Waals surface area contributed by atoms with E-state index in [0.29, 0.717) is 6.04 Å². The van der Waals surface area contributed by atoms with E-state index in [2.05, 4.69) is 29.7 Å². The van der Waals surface area contributed by atoms with Crippen LogP contribution in [0, 0.1) is 5.92 Å².